The van der Waals surface area contributed by atoms with Gasteiger partial charge in [-0.2, -0.15) is 5.10 Å². The first kappa shape index (κ1) is 9.64. The number of rotatable bonds is 1. The molecule has 0 unspecified atom stereocenters. The number of anilines is 1. The van der Waals surface area contributed by atoms with E-state index in [2.05, 4.69) is 15.1 Å². The van der Waals surface area contributed by atoms with Gasteiger partial charge in [-0.15, -0.1) is 0 Å². The Morgan fingerprint density at radius 1 is 1.13 bits per heavy atom. The van der Waals surface area contributed by atoms with Crippen molar-refractivity contribution in [3.63, 3.8) is 0 Å². The van der Waals surface area contributed by atoms with E-state index in [1.807, 2.05) is 20.8 Å². The van der Waals surface area contributed by atoms with Crippen molar-refractivity contribution < 1.29 is 0 Å². The maximum absolute atomic E-state index is 5.75. The Bertz CT molecular complexity index is 501. The zero-order valence-corrected chi connectivity index (χ0v) is 9.02. The number of nitrogen functional groups attached to an aromatic ring is 1. The largest absolute Gasteiger partial charge is 0.381 e. The molecule has 0 aliphatic rings. The van der Waals surface area contributed by atoms with Gasteiger partial charge in [0.25, 0.3) is 0 Å². The van der Waals surface area contributed by atoms with Crippen LogP contribution in [0, 0.1) is 20.8 Å². The monoisotopic (exact) mass is 203 g/mol. The minimum Gasteiger partial charge on any atom is -0.381 e. The van der Waals surface area contributed by atoms with Crippen molar-refractivity contribution >= 4 is 5.82 Å². The lowest BCUT2D eigenvalue weighted by Crippen LogP contribution is -2.07. The maximum atomic E-state index is 5.75. The average molecular weight is 203 g/mol. The van der Waals surface area contributed by atoms with E-state index in [1.165, 1.54) is 0 Å². The fourth-order valence-corrected chi connectivity index (χ4v) is 1.43. The van der Waals surface area contributed by atoms with Gasteiger partial charge >= 0.3 is 0 Å². The fourth-order valence-electron chi connectivity index (χ4n) is 1.43. The molecule has 0 aromatic carbocycles. The predicted molar refractivity (Wildman–Crippen MR) is 57.8 cm³/mol. The molecule has 2 aromatic heterocycles. The quantitative estimate of drug-likeness (QED) is 0.755. The standard InChI is InChI=1S/C10H13N5/c1-6-7(2)14-15(8(6)3)10-9(11)12-4-5-13-10/h4-5H,1-3H3,(H2,11,12). The van der Waals surface area contributed by atoms with Crippen LogP contribution >= 0.6 is 0 Å². The molecule has 2 N–H and O–H groups in total. The number of aryl methyl sites for hydroxylation is 1. The summed E-state index contributed by atoms with van der Waals surface area (Å²) in [5.41, 5.74) is 8.92. The van der Waals surface area contributed by atoms with Gasteiger partial charge in [0.2, 0.25) is 0 Å². The van der Waals surface area contributed by atoms with Crippen molar-refractivity contribution in [3.8, 4) is 5.82 Å². The second-order valence-corrected chi connectivity index (χ2v) is 3.47. The number of nitrogens with two attached hydrogens (primary N) is 1. The van der Waals surface area contributed by atoms with Crippen LogP contribution < -0.4 is 5.73 Å². The molecule has 15 heavy (non-hydrogen) atoms. The summed E-state index contributed by atoms with van der Waals surface area (Å²) in [4.78, 5) is 8.17. The topological polar surface area (TPSA) is 69.6 Å². The van der Waals surface area contributed by atoms with Crippen LogP contribution in [0.5, 0.6) is 0 Å². The van der Waals surface area contributed by atoms with E-state index in [4.69, 9.17) is 5.73 Å². The minimum absolute atomic E-state index is 0.392. The van der Waals surface area contributed by atoms with Gasteiger partial charge in [-0.25, -0.2) is 14.6 Å². The smallest absolute Gasteiger partial charge is 0.196 e. The summed E-state index contributed by atoms with van der Waals surface area (Å²) in [6.07, 6.45) is 3.18. The van der Waals surface area contributed by atoms with Gasteiger partial charge in [0.15, 0.2) is 11.6 Å². The third kappa shape index (κ3) is 1.45. The first-order valence-corrected chi connectivity index (χ1v) is 4.71. The van der Waals surface area contributed by atoms with Crippen molar-refractivity contribution in [1.82, 2.24) is 19.7 Å². The molecule has 0 saturated carbocycles. The Balaban J connectivity index is 2.65. The van der Waals surface area contributed by atoms with Crippen molar-refractivity contribution in [2.45, 2.75) is 20.8 Å². The van der Waals surface area contributed by atoms with Crippen LogP contribution in [-0.4, -0.2) is 19.7 Å². The molecule has 2 rings (SSSR count). The highest BCUT2D eigenvalue weighted by Gasteiger charge is 2.12. The van der Waals surface area contributed by atoms with Crippen LogP contribution in [0.15, 0.2) is 12.4 Å². The van der Waals surface area contributed by atoms with E-state index in [1.54, 1.807) is 17.1 Å². The van der Waals surface area contributed by atoms with E-state index in [9.17, 15) is 0 Å². The third-order valence-electron chi connectivity index (χ3n) is 2.56. The van der Waals surface area contributed by atoms with Gasteiger partial charge in [0.1, 0.15) is 0 Å². The van der Waals surface area contributed by atoms with Crippen molar-refractivity contribution in [1.29, 1.82) is 0 Å². The van der Waals surface area contributed by atoms with Gasteiger partial charge in [-0.05, 0) is 26.3 Å². The van der Waals surface area contributed by atoms with Gasteiger partial charge in [0.05, 0.1) is 5.69 Å². The number of hydrogen-bond donors (Lipinski definition) is 1. The molecule has 2 aromatic rings. The molecule has 0 spiro atoms. The van der Waals surface area contributed by atoms with Crippen molar-refractivity contribution in [2.24, 2.45) is 0 Å². The molecule has 0 fully saturated rings. The summed E-state index contributed by atoms with van der Waals surface area (Å²) in [5, 5.41) is 4.38. The number of aromatic nitrogens is 4. The van der Waals surface area contributed by atoms with Crippen LogP contribution in [0.3, 0.4) is 0 Å². The Kier molecular flexibility index (Phi) is 2.15. The van der Waals surface area contributed by atoms with Crippen molar-refractivity contribution in [3.05, 3.63) is 29.3 Å². The highest BCUT2D eigenvalue weighted by molar-refractivity contribution is 5.47. The molecule has 0 radical (unpaired) electrons. The highest BCUT2D eigenvalue weighted by Crippen LogP contribution is 2.17. The lowest BCUT2D eigenvalue weighted by molar-refractivity contribution is 0.802. The van der Waals surface area contributed by atoms with E-state index < -0.39 is 0 Å². The second-order valence-electron chi connectivity index (χ2n) is 3.47. The first-order chi connectivity index (χ1) is 7.11. The molecule has 0 saturated heterocycles. The molecular weight excluding hydrogens is 190 g/mol. The molecule has 5 heteroatoms. The Labute approximate surface area is 88.0 Å². The second kappa shape index (κ2) is 3.34. The normalized spacial score (nSPS) is 10.6. The lowest BCUT2D eigenvalue weighted by Gasteiger charge is -2.04. The highest BCUT2D eigenvalue weighted by atomic mass is 15.3. The minimum atomic E-state index is 0.392. The Morgan fingerprint density at radius 3 is 2.33 bits per heavy atom. The summed E-state index contributed by atoms with van der Waals surface area (Å²) in [7, 11) is 0. The van der Waals surface area contributed by atoms with Gasteiger partial charge in [-0.1, -0.05) is 0 Å². The van der Waals surface area contributed by atoms with Crippen LogP contribution in [0.25, 0.3) is 5.82 Å². The zero-order valence-electron chi connectivity index (χ0n) is 9.02. The van der Waals surface area contributed by atoms with Gasteiger partial charge < -0.3 is 5.73 Å². The lowest BCUT2D eigenvalue weighted by atomic mass is 10.2. The van der Waals surface area contributed by atoms with E-state index in [0.717, 1.165) is 17.0 Å². The van der Waals surface area contributed by atoms with Crippen LogP contribution in [0.1, 0.15) is 17.0 Å². The fraction of sp³-hybridized carbons (Fsp3) is 0.300. The molecule has 0 bridgehead atoms. The van der Waals surface area contributed by atoms with Crippen LogP contribution in [0.4, 0.5) is 5.82 Å². The van der Waals surface area contributed by atoms with Crippen molar-refractivity contribution in [2.75, 3.05) is 5.73 Å². The Hall–Kier alpha value is -1.91. The van der Waals surface area contributed by atoms with Gasteiger partial charge in [-0.3, -0.25) is 0 Å². The summed E-state index contributed by atoms with van der Waals surface area (Å²) < 4.78 is 1.73. The molecule has 0 atom stereocenters. The Morgan fingerprint density at radius 2 is 1.80 bits per heavy atom. The van der Waals surface area contributed by atoms with Gasteiger partial charge in [0, 0.05) is 18.1 Å². The zero-order chi connectivity index (χ0) is 11.0. The molecular formula is C10H13N5. The van der Waals surface area contributed by atoms with Crippen LogP contribution in [0.2, 0.25) is 0 Å². The van der Waals surface area contributed by atoms with Crippen LogP contribution in [-0.2, 0) is 0 Å². The molecule has 5 nitrogen and oxygen atoms in total. The van der Waals surface area contributed by atoms with E-state index >= 15 is 0 Å². The average Bonchev–Trinajstić information content (AvgIpc) is 2.47. The maximum Gasteiger partial charge on any atom is 0.196 e. The summed E-state index contributed by atoms with van der Waals surface area (Å²) in [6, 6.07) is 0. The summed E-state index contributed by atoms with van der Waals surface area (Å²) in [5.74, 6) is 0.981. The molecule has 0 aliphatic carbocycles. The molecule has 0 aliphatic heterocycles. The molecule has 0 amide bonds. The molecule has 78 valence electrons. The molecule has 2 heterocycles. The number of hydrogen-bond acceptors (Lipinski definition) is 4. The van der Waals surface area contributed by atoms with E-state index in [-0.39, 0.29) is 0 Å². The first-order valence-electron chi connectivity index (χ1n) is 4.71. The SMILES string of the molecule is Cc1nn(-c2nccnc2N)c(C)c1C. The predicted octanol–water partition coefficient (Wildman–Crippen LogP) is 1.17. The van der Waals surface area contributed by atoms with E-state index in [0.29, 0.717) is 11.6 Å². The summed E-state index contributed by atoms with van der Waals surface area (Å²) >= 11 is 0. The number of nitrogens with zero attached hydrogens (tertiary/aromatic N) is 4. The summed E-state index contributed by atoms with van der Waals surface area (Å²) in [6.45, 7) is 5.98. The third-order valence-corrected chi connectivity index (χ3v) is 2.56.